The molecular formula is C18H14Cl3F6N. The van der Waals surface area contributed by atoms with E-state index < -0.39 is 30.3 Å². The van der Waals surface area contributed by atoms with Crippen LogP contribution in [0, 0.1) is 0 Å². The Morgan fingerprint density at radius 1 is 0.893 bits per heavy atom. The van der Waals surface area contributed by atoms with Gasteiger partial charge in [0.15, 0.2) is 0 Å². The number of rotatable bonds is 5. The minimum atomic E-state index is -4.65. The molecule has 0 aliphatic carbocycles. The summed E-state index contributed by atoms with van der Waals surface area (Å²) < 4.78 is 80.0. The standard InChI is InChI=1S/C18H14Cl3F6N/c19-14-6-11(7-15(20)16(14)21)12(17(22,23)24)4-2-9-1-3-10(8-28)13(5-9)18(25,26)27/h1,3,5-7,12H,2,4,8,28H2. The highest BCUT2D eigenvalue weighted by molar-refractivity contribution is 6.48. The molecule has 0 amide bonds. The fourth-order valence-corrected chi connectivity index (χ4v) is 3.44. The molecule has 0 saturated heterocycles. The molecule has 2 rings (SSSR count). The van der Waals surface area contributed by atoms with Crippen molar-refractivity contribution in [1.82, 2.24) is 0 Å². The normalized spacial score (nSPS) is 13.6. The summed E-state index contributed by atoms with van der Waals surface area (Å²) in [6.07, 6.45) is -10.0. The van der Waals surface area contributed by atoms with Gasteiger partial charge in [0.2, 0.25) is 0 Å². The Bertz CT molecular complexity index is 825. The third-order valence-corrected chi connectivity index (χ3v) is 5.42. The van der Waals surface area contributed by atoms with Gasteiger partial charge in [0, 0.05) is 6.54 Å². The average molecular weight is 465 g/mol. The Morgan fingerprint density at radius 2 is 1.46 bits per heavy atom. The number of aryl methyl sites for hydroxylation is 1. The van der Waals surface area contributed by atoms with Crippen molar-refractivity contribution in [2.75, 3.05) is 0 Å². The van der Waals surface area contributed by atoms with E-state index in [9.17, 15) is 26.3 Å². The molecule has 1 unspecified atom stereocenters. The lowest BCUT2D eigenvalue weighted by atomic mass is 9.91. The van der Waals surface area contributed by atoms with E-state index in [2.05, 4.69) is 0 Å². The van der Waals surface area contributed by atoms with Gasteiger partial charge in [0.25, 0.3) is 0 Å². The average Bonchev–Trinajstić information content (AvgIpc) is 2.57. The van der Waals surface area contributed by atoms with Crippen LogP contribution in [-0.4, -0.2) is 6.18 Å². The van der Waals surface area contributed by atoms with E-state index in [4.69, 9.17) is 40.5 Å². The molecule has 0 spiro atoms. The van der Waals surface area contributed by atoms with Crippen molar-refractivity contribution in [2.24, 2.45) is 5.73 Å². The van der Waals surface area contributed by atoms with Gasteiger partial charge in [-0.25, -0.2) is 0 Å². The summed E-state index contributed by atoms with van der Waals surface area (Å²) in [6.45, 7) is -0.331. The molecule has 2 N–H and O–H groups in total. The lowest BCUT2D eigenvalue weighted by Gasteiger charge is -2.22. The molecule has 0 aliphatic heterocycles. The smallest absolute Gasteiger partial charge is 0.326 e. The van der Waals surface area contributed by atoms with Crippen LogP contribution < -0.4 is 5.73 Å². The van der Waals surface area contributed by atoms with Crippen LogP contribution in [0.4, 0.5) is 26.3 Å². The van der Waals surface area contributed by atoms with Crippen molar-refractivity contribution >= 4 is 34.8 Å². The largest absolute Gasteiger partial charge is 0.416 e. The zero-order valence-corrected chi connectivity index (χ0v) is 16.3. The van der Waals surface area contributed by atoms with Gasteiger partial charge in [-0.05, 0) is 47.7 Å². The number of benzene rings is 2. The molecule has 154 valence electrons. The molecule has 0 saturated carbocycles. The number of halogens is 9. The van der Waals surface area contributed by atoms with Gasteiger partial charge in [-0.15, -0.1) is 0 Å². The molecule has 0 fully saturated rings. The minimum Gasteiger partial charge on any atom is -0.326 e. The number of nitrogens with two attached hydrogens (primary N) is 1. The van der Waals surface area contributed by atoms with Crippen LogP contribution in [0.1, 0.15) is 34.6 Å². The van der Waals surface area contributed by atoms with E-state index in [1.807, 2.05) is 0 Å². The highest BCUT2D eigenvalue weighted by Gasteiger charge is 2.41. The molecule has 0 bridgehead atoms. The summed E-state index contributed by atoms with van der Waals surface area (Å²) in [5.74, 6) is -1.97. The minimum absolute atomic E-state index is 0.0693. The van der Waals surface area contributed by atoms with Crippen LogP contribution in [0.15, 0.2) is 30.3 Å². The second-order valence-corrected chi connectivity index (χ2v) is 7.32. The predicted molar refractivity (Wildman–Crippen MR) is 97.9 cm³/mol. The van der Waals surface area contributed by atoms with Crippen LogP contribution in [-0.2, 0) is 19.1 Å². The summed E-state index contributed by atoms with van der Waals surface area (Å²) in [7, 11) is 0. The molecule has 0 radical (unpaired) electrons. The summed E-state index contributed by atoms with van der Waals surface area (Å²) in [4.78, 5) is 0. The van der Waals surface area contributed by atoms with E-state index >= 15 is 0 Å². The predicted octanol–water partition coefficient (Wildman–Crippen LogP) is 7.40. The Balaban J connectivity index is 2.33. The SMILES string of the molecule is NCc1ccc(CCC(c2cc(Cl)c(Cl)c(Cl)c2)C(F)(F)F)cc1C(F)(F)F. The third-order valence-electron chi connectivity index (χ3n) is 4.22. The van der Waals surface area contributed by atoms with E-state index in [1.54, 1.807) is 0 Å². The number of hydrogen-bond donors (Lipinski definition) is 1. The fraction of sp³-hybridized carbons (Fsp3) is 0.333. The first-order chi connectivity index (χ1) is 12.8. The third kappa shape index (κ3) is 5.47. The van der Waals surface area contributed by atoms with Crippen molar-refractivity contribution in [1.29, 1.82) is 0 Å². The zero-order chi connectivity index (χ0) is 21.3. The highest BCUT2D eigenvalue weighted by atomic mass is 35.5. The topological polar surface area (TPSA) is 26.0 Å². The maximum atomic E-state index is 13.5. The summed E-state index contributed by atoms with van der Waals surface area (Å²) >= 11 is 17.4. The lowest BCUT2D eigenvalue weighted by Crippen LogP contribution is -2.22. The van der Waals surface area contributed by atoms with Crippen molar-refractivity contribution in [3.8, 4) is 0 Å². The van der Waals surface area contributed by atoms with Gasteiger partial charge in [-0.2, -0.15) is 26.3 Å². The van der Waals surface area contributed by atoms with Crippen LogP contribution in [0.5, 0.6) is 0 Å². The highest BCUT2D eigenvalue weighted by Crippen LogP contribution is 2.42. The van der Waals surface area contributed by atoms with Crippen LogP contribution in [0.2, 0.25) is 15.1 Å². The van der Waals surface area contributed by atoms with Crippen molar-refractivity contribution in [3.05, 3.63) is 67.7 Å². The monoisotopic (exact) mass is 463 g/mol. The molecular weight excluding hydrogens is 451 g/mol. The second kappa shape index (κ2) is 8.69. The first kappa shape index (κ1) is 23.1. The number of hydrogen-bond acceptors (Lipinski definition) is 1. The van der Waals surface area contributed by atoms with E-state index in [0.29, 0.717) is 0 Å². The molecule has 0 heterocycles. The molecule has 1 atom stereocenters. The van der Waals surface area contributed by atoms with E-state index in [1.165, 1.54) is 12.1 Å². The summed E-state index contributed by atoms with van der Waals surface area (Å²) in [5.41, 5.74) is 4.14. The molecule has 2 aromatic carbocycles. The van der Waals surface area contributed by atoms with Gasteiger partial charge in [-0.3, -0.25) is 0 Å². The Labute approximate surface area is 172 Å². The van der Waals surface area contributed by atoms with Crippen molar-refractivity contribution in [3.63, 3.8) is 0 Å². The fourth-order valence-electron chi connectivity index (χ4n) is 2.83. The van der Waals surface area contributed by atoms with Crippen LogP contribution in [0.25, 0.3) is 0 Å². The molecule has 10 heteroatoms. The van der Waals surface area contributed by atoms with Gasteiger partial charge >= 0.3 is 12.4 Å². The van der Waals surface area contributed by atoms with Gasteiger partial charge in [-0.1, -0.05) is 46.9 Å². The Kier molecular flexibility index (Phi) is 7.18. The second-order valence-electron chi connectivity index (χ2n) is 6.12. The summed E-state index contributed by atoms with van der Waals surface area (Å²) in [5, 5.41) is -0.338. The maximum Gasteiger partial charge on any atom is 0.416 e. The molecule has 2 aromatic rings. The van der Waals surface area contributed by atoms with Crippen LogP contribution >= 0.6 is 34.8 Å². The van der Waals surface area contributed by atoms with E-state index in [0.717, 1.165) is 18.2 Å². The molecule has 1 nitrogen and oxygen atoms in total. The zero-order valence-electron chi connectivity index (χ0n) is 14.1. The molecule has 0 aliphatic rings. The first-order valence-electron chi connectivity index (χ1n) is 7.94. The van der Waals surface area contributed by atoms with Gasteiger partial charge in [0.05, 0.1) is 26.5 Å². The first-order valence-corrected chi connectivity index (χ1v) is 9.08. The van der Waals surface area contributed by atoms with Crippen molar-refractivity contribution < 1.29 is 26.3 Å². The van der Waals surface area contributed by atoms with E-state index in [-0.39, 0.29) is 44.7 Å². The molecule has 0 aromatic heterocycles. The van der Waals surface area contributed by atoms with Crippen molar-refractivity contribution in [2.45, 2.75) is 37.7 Å². The summed E-state index contributed by atoms with van der Waals surface area (Å²) in [6, 6.07) is 5.47. The quantitative estimate of drug-likeness (QED) is 0.362. The van der Waals surface area contributed by atoms with Gasteiger partial charge in [0.1, 0.15) is 0 Å². The van der Waals surface area contributed by atoms with Gasteiger partial charge < -0.3 is 5.73 Å². The Morgan fingerprint density at radius 3 is 1.93 bits per heavy atom. The lowest BCUT2D eigenvalue weighted by molar-refractivity contribution is -0.151. The molecule has 28 heavy (non-hydrogen) atoms. The number of alkyl halides is 6. The maximum absolute atomic E-state index is 13.5. The van der Waals surface area contributed by atoms with Crippen LogP contribution in [0.3, 0.4) is 0 Å². The Hall–Kier alpha value is -1.15.